The van der Waals surface area contributed by atoms with Crippen LogP contribution in [0.4, 0.5) is 0 Å². The topological polar surface area (TPSA) is 23.5 Å². The highest BCUT2D eigenvalue weighted by Crippen LogP contribution is 2.24. The molecule has 0 amide bonds. The van der Waals surface area contributed by atoms with Crippen LogP contribution in [-0.4, -0.2) is 35.7 Å². The van der Waals surface area contributed by atoms with E-state index in [4.69, 9.17) is 5.11 Å². The van der Waals surface area contributed by atoms with Crippen molar-refractivity contribution in [2.24, 2.45) is 0 Å². The highest BCUT2D eigenvalue weighted by Gasteiger charge is 2.23. The lowest BCUT2D eigenvalue weighted by molar-refractivity contribution is 0.0994. The fourth-order valence-corrected chi connectivity index (χ4v) is 2.63. The van der Waals surface area contributed by atoms with Crippen molar-refractivity contribution >= 4 is 0 Å². The van der Waals surface area contributed by atoms with E-state index in [-0.39, 0.29) is 0 Å². The molecule has 0 spiro atoms. The van der Waals surface area contributed by atoms with E-state index in [0.717, 1.165) is 12.6 Å². The first-order chi connectivity index (χ1) is 8.38. The Hall–Kier alpha value is -0.0800. The Kier molecular flexibility index (Phi) is 8.72. The summed E-state index contributed by atoms with van der Waals surface area (Å²) in [6.45, 7) is 4.69. The van der Waals surface area contributed by atoms with Crippen molar-refractivity contribution in [3.05, 3.63) is 0 Å². The molecule has 102 valence electrons. The normalized spacial score (nSPS) is 16.4. The molecule has 0 saturated heterocycles. The molecule has 2 heteroatoms. The zero-order valence-corrected chi connectivity index (χ0v) is 11.7. The van der Waals surface area contributed by atoms with Gasteiger partial charge in [-0.2, -0.15) is 0 Å². The Balaban J connectivity index is 1.94. The molecule has 0 heterocycles. The minimum Gasteiger partial charge on any atom is -0.395 e. The van der Waals surface area contributed by atoms with E-state index in [2.05, 4.69) is 11.8 Å². The molecule has 1 fully saturated rings. The number of hydrogen-bond acceptors (Lipinski definition) is 2. The molecule has 1 N–H and O–H groups in total. The lowest BCUT2D eigenvalue weighted by Gasteiger charge is -2.37. The van der Waals surface area contributed by atoms with E-state index in [1.807, 2.05) is 0 Å². The molecule has 17 heavy (non-hydrogen) atoms. The molecule has 0 aromatic carbocycles. The van der Waals surface area contributed by atoms with Gasteiger partial charge in [-0.05, 0) is 25.8 Å². The zero-order chi connectivity index (χ0) is 12.3. The van der Waals surface area contributed by atoms with Gasteiger partial charge in [-0.25, -0.2) is 0 Å². The molecule has 1 rings (SSSR count). The van der Waals surface area contributed by atoms with Gasteiger partial charge >= 0.3 is 0 Å². The second-order valence-electron chi connectivity index (χ2n) is 5.47. The van der Waals surface area contributed by atoms with Crippen LogP contribution in [0.3, 0.4) is 0 Å². The van der Waals surface area contributed by atoms with E-state index in [1.54, 1.807) is 0 Å². The summed E-state index contributed by atoms with van der Waals surface area (Å²) in [5.41, 5.74) is 0. The summed E-state index contributed by atoms with van der Waals surface area (Å²) in [6.07, 6.45) is 13.8. The fraction of sp³-hybridized carbons (Fsp3) is 1.00. The maximum Gasteiger partial charge on any atom is 0.0558 e. The molecule has 0 aromatic rings. The number of hydrogen-bond donors (Lipinski definition) is 1. The minimum atomic E-state index is 0.326. The molecule has 1 saturated carbocycles. The molecular weight excluding hydrogens is 210 g/mol. The van der Waals surface area contributed by atoms with Gasteiger partial charge in [0.15, 0.2) is 0 Å². The van der Waals surface area contributed by atoms with Crippen molar-refractivity contribution in [3.63, 3.8) is 0 Å². The van der Waals surface area contributed by atoms with E-state index >= 15 is 0 Å². The molecule has 0 aliphatic heterocycles. The van der Waals surface area contributed by atoms with Crippen LogP contribution in [-0.2, 0) is 0 Å². The first-order valence-corrected chi connectivity index (χ1v) is 7.73. The largest absolute Gasteiger partial charge is 0.395 e. The quantitative estimate of drug-likeness (QED) is 0.559. The summed E-state index contributed by atoms with van der Waals surface area (Å²) in [7, 11) is 0. The highest BCUT2D eigenvalue weighted by molar-refractivity contribution is 4.79. The number of unbranched alkanes of at least 4 members (excludes halogenated alkanes) is 6. The molecule has 2 nitrogen and oxygen atoms in total. The first-order valence-electron chi connectivity index (χ1n) is 7.73. The van der Waals surface area contributed by atoms with Crippen molar-refractivity contribution in [2.45, 2.75) is 77.2 Å². The third-order valence-corrected chi connectivity index (χ3v) is 4.03. The minimum absolute atomic E-state index is 0.326. The van der Waals surface area contributed by atoms with E-state index < -0.39 is 0 Å². The summed E-state index contributed by atoms with van der Waals surface area (Å²) in [5.74, 6) is 0. The molecule has 0 aromatic heterocycles. The lowest BCUT2D eigenvalue weighted by atomic mass is 9.91. The monoisotopic (exact) mass is 241 g/mol. The first kappa shape index (κ1) is 15.0. The average Bonchev–Trinajstić information content (AvgIpc) is 2.25. The Morgan fingerprint density at radius 3 is 2.12 bits per heavy atom. The van der Waals surface area contributed by atoms with Gasteiger partial charge in [0, 0.05) is 12.6 Å². The molecule has 0 radical (unpaired) electrons. The standard InChI is InChI=1S/C15H31NO/c1-2-3-4-5-6-7-8-12-16(13-14-17)15-10-9-11-15/h15,17H,2-14H2,1H3. The maximum atomic E-state index is 9.06. The third kappa shape index (κ3) is 6.42. The highest BCUT2D eigenvalue weighted by atomic mass is 16.3. The summed E-state index contributed by atoms with van der Waals surface area (Å²) < 4.78 is 0. The summed E-state index contributed by atoms with van der Waals surface area (Å²) in [4.78, 5) is 2.51. The van der Waals surface area contributed by atoms with Crippen LogP contribution in [0.15, 0.2) is 0 Å². The van der Waals surface area contributed by atoms with Gasteiger partial charge in [-0.15, -0.1) is 0 Å². The van der Waals surface area contributed by atoms with Crippen LogP contribution in [0.25, 0.3) is 0 Å². The van der Waals surface area contributed by atoms with Crippen LogP contribution < -0.4 is 0 Å². The molecule has 0 unspecified atom stereocenters. The smallest absolute Gasteiger partial charge is 0.0558 e. The summed E-state index contributed by atoms with van der Waals surface area (Å²) >= 11 is 0. The van der Waals surface area contributed by atoms with Crippen LogP contribution in [0, 0.1) is 0 Å². The Bertz CT molecular complexity index is 168. The van der Waals surface area contributed by atoms with E-state index in [1.165, 1.54) is 70.8 Å². The second kappa shape index (κ2) is 9.90. The predicted molar refractivity (Wildman–Crippen MR) is 74.3 cm³/mol. The number of rotatable bonds is 11. The van der Waals surface area contributed by atoms with Crippen molar-refractivity contribution in [3.8, 4) is 0 Å². The van der Waals surface area contributed by atoms with Crippen molar-refractivity contribution in [1.82, 2.24) is 4.90 Å². The van der Waals surface area contributed by atoms with Crippen LogP contribution in [0.2, 0.25) is 0 Å². The number of nitrogens with zero attached hydrogens (tertiary/aromatic N) is 1. The summed E-state index contributed by atoms with van der Waals surface area (Å²) in [5, 5.41) is 9.06. The third-order valence-electron chi connectivity index (χ3n) is 4.03. The van der Waals surface area contributed by atoms with Crippen molar-refractivity contribution in [2.75, 3.05) is 19.7 Å². The van der Waals surface area contributed by atoms with Crippen LogP contribution in [0.5, 0.6) is 0 Å². The average molecular weight is 241 g/mol. The number of aliphatic hydroxyl groups excluding tert-OH is 1. The Morgan fingerprint density at radius 1 is 0.941 bits per heavy atom. The van der Waals surface area contributed by atoms with E-state index in [0.29, 0.717) is 6.61 Å². The molecule has 1 aliphatic rings. The number of aliphatic hydroxyl groups is 1. The van der Waals surface area contributed by atoms with Gasteiger partial charge in [0.25, 0.3) is 0 Å². The van der Waals surface area contributed by atoms with Gasteiger partial charge in [0.2, 0.25) is 0 Å². The van der Waals surface area contributed by atoms with Gasteiger partial charge < -0.3 is 5.11 Å². The Labute approximate surface area is 107 Å². The molecule has 1 aliphatic carbocycles. The summed E-state index contributed by atoms with van der Waals surface area (Å²) in [6, 6.07) is 0.794. The molecule has 0 atom stereocenters. The maximum absolute atomic E-state index is 9.06. The van der Waals surface area contributed by atoms with Gasteiger partial charge in [-0.3, -0.25) is 4.90 Å². The Morgan fingerprint density at radius 2 is 1.59 bits per heavy atom. The van der Waals surface area contributed by atoms with Crippen LogP contribution >= 0.6 is 0 Å². The second-order valence-corrected chi connectivity index (χ2v) is 5.47. The van der Waals surface area contributed by atoms with Gasteiger partial charge in [0.1, 0.15) is 0 Å². The SMILES string of the molecule is CCCCCCCCCN(CCO)C1CCC1. The van der Waals surface area contributed by atoms with Crippen molar-refractivity contribution < 1.29 is 5.11 Å². The van der Waals surface area contributed by atoms with Crippen molar-refractivity contribution in [1.29, 1.82) is 0 Å². The zero-order valence-electron chi connectivity index (χ0n) is 11.7. The molecule has 0 bridgehead atoms. The molecular formula is C15H31NO. The van der Waals surface area contributed by atoms with E-state index in [9.17, 15) is 0 Å². The van der Waals surface area contributed by atoms with Gasteiger partial charge in [-0.1, -0.05) is 51.9 Å². The predicted octanol–water partition coefficient (Wildman–Crippen LogP) is 3.58. The van der Waals surface area contributed by atoms with Crippen LogP contribution in [0.1, 0.15) is 71.1 Å². The lowest BCUT2D eigenvalue weighted by Crippen LogP contribution is -2.42. The fourth-order valence-electron chi connectivity index (χ4n) is 2.63. The van der Waals surface area contributed by atoms with Gasteiger partial charge in [0.05, 0.1) is 6.61 Å².